The Morgan fingerprint density at radius 1 is 1.31 bits per heavy atom. The van der Waals surface area contributed by atoms with E-state index >= 15 is 0 Å². The van der Waals surface area contributed by atoms with Crippen LogP contribution in [0.1, 0.15) is 17.0 Å². The van der Waals surface area contributed by atoms with Gasteiger partial charge in [0.2, 0.25) is 0 Å². The molecule has 0 atom stereocenters. The first-order chi connectivity index (χ1) is 7.75. The van der Waals surface area contributed by atoms with Crippen LogP contribution in [-0.2, 0) is 13.1 Å². The summed E-state index contributed by atoms with van der Waals surface area (Å²) in [6.07, 6.45) is 0. The minimum absolute atomic E-state index is 0.253. The molecule has 2 aromatic rings. The third-order valence-electron chi connectivity index (χ3n) is 2.29. The van der Waals surface area contributed by atoms with Crippen LogP contribution in [0, 0.1) is 6.92 Å². The van der Waals surface area contributed by atoms with Crippen molar-refractivity contribution >= 4 is 11.3 Å². The molecule has 0 bridgehead atoms. The van der Waals surface area contributed by atoms with Crippen molar-refractivity contribution < 1.29 is 5.11 Å². The van der Waals surface area contributed by atoms with E-state index in [1.54, 1.807) is 23.5 Å². The Hall–Kier alpha value is -1.39. The summed E-state index contributed by atoms with van der Waals surface area (Å²) in [5.74, 6) is 0.253. The molecule has 4 heteroatoms. The number of nitrogens with zero attached hydrogens (tertiary/aromatic N) is 1. The van der Waals surface area contributed by atoms with Crippen LogP contribution in [0.2, 0.25) is 0 Å². The third-order valence-corrected chi connectivity index (χ3v) is 3.02. The van der Waals surface area contributed by atoms with Crippen molar-refractivity contribution in [3.63, 3.8) is 0 Å². The second-order valence-corrected chi connectivity index (χ2v) is 4.43. The lowest BCUT2D eigenvalue weighted by Gasteiger charge is -2.06. The van der Waals surface area contributed by atoms with Crippen LogP contribution in [0.3, 0.4) is 0 Å². The highest BCUT2D eigenvalue weighted by molar-refractivity contribution is 7.07. The number of thiophene rings is 1. The fourth-order valence-corrected chi connectivity index (χ4v) is 2.12. The van der Waals surface area contributed by atoms with Crippen LogP contribution in [0.15, 0.2) is 29.0 Å². The van der Waals surface area contributed by atoms with E-state index in [-0.39, 0.29) is 5.75 Å². The summed E-state index contributed by atoms with van der Waals surface area (Å²) in [6, 6.07) is 5.57. The van der Waals surface area contributed by atoms with Gasteiger partial charge in [-0.25, -0.2) is 0 Å². The quantitative estimate of drug-likeness (QED) is 0.854. The Morgan fingerprint density at radius 2 is 2.19 bits per heavy atom. The Labute approximate surface area is 98.8 Å². The largest absolute Gasteiger partial charge is 0.506 e. The first-order valence-corrected chi connectivity index (χ1v) is 6.07. The summed E-state index contributed by atoms with van der Waals surface area (Å²) in [5, 5.41) is 17.0. The zero-order valence-corrected chi connectivity index (χ0v) is 9.92. The van der Waals surface area contributed by atoms with Crippen LogP contribution in [-0.4, -0.2) is 10.1 Å². The van der Waals surface area contributed by atoms with Crippen LogP contribution < -0.4 is 5.32 Å². The Balaban J connectivity index is 1.92. The van der Waals surface area contributed by atoms with E-state index in [2.05, 4.69) is 27.1 Å². The predicted molar refractivity (Wildman–Crippen MR) is 65.5 cm³/mol. The van der Waals surface area contributed by atoms with Gasteiger partial charge < -0.3 is 10.4 Å². The SMILES string of the molecule is Cc1ccc(O)c(CNCc2ccsc2)n1. The van der Waals surface area contributed by atoms with Crippen molar-refractivity contribution in [2.75, 3.05) is 0 Å². The number of nitrogens with one attached hydrogen (secondary N) is 1. The second-order valence-electron chi connectivity index (χ2n) is 3.65. The van der Waals surface area contributed by atoms with Gasteiger partial charge in [0.25, 0.3) is 0 Å². The van der Waals surface area contributed by atoms with Crippen molar-refractivity contribution in [1.29, 1.82) is 0 Å². The van der Waals surface area contributed by atoms with E-state index in [0.717, 1.165) is 12.2 Å². The minimum atomic E-state index is 0.253. The highest BCUT2D eigenvalue weighted by Crippen LogP contribution is 2.14. The number of pyridine rings is 1. The number of aromatic hydroxyl groups is 1. The van der Waals surface area contributed by atoms with Crippen molar-refractivity contribution in [2.45, 2.75) is 20.0 Å². The maximum atomic E-state index is 9.59. The first-order valence-electron chi connectivity index (χ1n) is 5.13. The molecule has 2 rings (SSSR count). The summed E-state index contributed by atoms with van der Waals surface area (Å²) in [4.78, 5) is 4.28. The predicted octanol–water partition coefficient (Wildman–Crippen LogP) is 2.45. The first kappa shape index (κ1) is 11.1. The maximum absolute atomic E-state index is 9.59. The molecule has 0 aliphatic heterocycles. The van der Waals surface area contributed by atoms with Crippen molar-refractivity contribution in [3.05, 3.63) is 45.9 Å². The molecule has 84 valence electrons. The van der Waals surface area contributed by atoms with Crippen molar-refractivity contribution in [2.24, 2.45) is 0 Å². The van der Waals surface area contributed by atoms with Gasteiger partial charge in [0, 0.05) is 18.8 Å². The number of hydrogen-bond acceptors (Lipinski definition) is 4. The number of aryl methyl sites for hydroxylation is 1. The second kappa shape index (κ2) is 5.09. The summed E-state index contributed by atoms with van der Waals surface area (Å²) in [6.45, 7) is 3.31. The summed E-state index contributed by atoms with van der Waals surface area (Å²) >= 11 is 1.69. The highest BCUT2D eigenvalue weighted by atomic mass is 32.1. The molecule has 0 unspecified atom stereocenters. The van der Waals surface area contributed by atoms with Crippen LogP contribution in [0.4, 0.5) is 0 Å². The zero-order valence-electron chi connectivity index (χ0n) is 9.10. The lowest BCUT2D eigenvalue weighted by atomic mass is 10.2. The van der Waals surface area contributed by atoms with Gasteiger partial charge in [-0.3, -0.25) is 4.98 Å². The monoisotopic (exact) mass is 234 g/mol. The average Bonchev–Trinajstić information content (AvgIpc) is 2.76. The molecule has 0 fully saturated rings. The van der Waals surface area contributed by atoms with Crippen LogP contribution in [0.25, 0.3) is 0 Å². The molecule has 2 heterocycles. The molecule has 0 aliphatic carbocycles. The van der Waals surface area contributed by atoms with E-state index < -0.39 is 0 Å². The molecule has 0 saturated heterocycles. The van der Waals surface area contributed by atoms with Gasteiger partial charge in [-0.15, -0.1) is 0 Å². The summed E-state index contributed by atoms with van der Waals surface area (Å²) in [7, 11) is 0. The van der Waals surface area contributed by atoms with Crippen molar-refractivity contribution in [3.8, 4) is 5.75 Å². The number of aromatic nitrogens is 1. The Bertz CT molecular complexity index is 454. The van der Waals surface area contributed by atoms with Gasteiger partial charge in [-0.05, 0) is 41.4 Å². The molecule has 2 aromatic heterocycles. The molecule has 2 N–H and O–H groups in total. The van der Waals surface area contributed by atoms with Crippen LogP contribution >= 0.6 is 11.3 Å². The van der Waals surface area contributed by atoms with Crippen molar-refractivity contribution in [1.82, 2.24) is 10.3 Å². The third kappa shape index (κ3) is 2.81. The lowest BCUT2D eigenvalue weighted by Crippen LogP contribution is -2.13. The van der Waals surface area contributed by atoms with E-state index in [4.69, 9.17) is 0 Å². The summed E-state index contributed by atoms with van der Waals surface area (Å²) in [5.41, 5.74) is 2.89. The standard InChI is InChI=1S/C12H14N2OS/c1-9-2-3-12(15)11(14-9)7-13-6-10-4-5-16-8-10/h2-5,8,13,15H,6-7H2,1H3. The molecule has 16 heavy (non-hydrogen) atoms. The number of rotatable bonds is 4. The van der Waals surface area contributed by atoms with E-state index in [9.17, 15) is 5.11 Å². The maximum Gasteiger partial charge on any atom is 0.138 e. The normalized spacial score (nSPS) is 10.6. The molecule has 0 aliphatic rings. The fourth-order valence-electron chi connectivity index (χ4n) is 1.45. The minimum Gasteiger partial charge on any atom is -0.506 e. The van der Waals surface area contributed by atoms with Gasteiger partial charge in [0.1, 0.15) is 5.75 Å². The van der Waals surface area contributed by atoms with Gasteiger partial charge in [-0.1, -0.05) is 0 Å². The molecule has 3 nitrogen and oxygen atoms in total. The molecular weight excluding hydrogens is 220 g/mol. The Morgan fingerprint density at radius 3 is 2.94 bits per heavy atom. The lowest BCUT2D eigenvalue weighted by molar-refractivity contribution is 0.459. The highest BCUT2D eigenvalue weighted by Gasteiger charge is 2.02. The topological polar surface area (TPSA) is 45.1 Å². The van der Waals surface area contributed by atoms with E-state index in [1.165, 1.54) is 5.56 Å². The average molecular weight is 234 g/mol. The van der Waals surface area contributed by atoms with Gasteiger partial charge in [0.05, 0.1) is 5.69 Å². The van der Waals surface area contributed by atoms with Crippen LogP contribution in [0.5, 0.6) is 5.75 Å². The van der Waals surface area contributed by atoms with Gasteiger partial charge in [-0.2, -0.15) is 11.3 Å². The Kier molecular flexibility index (Phi) is 3.54. The fraction of sp³-hybridized carbons (Fsp3) is 0.250. The molecule has 0 radical (unpaired) electrons. The molecule has 0 aromatic carbocycles. The number of hydrogen-bond donors (Lipinski definition) is 2. The molecular formula is C12H14N2OS. The molecule has 0 amide bonds. The van der Waals surface area contributed by atoms with E-state index in [0.29, 0.717) is 12.2 Å². The van der Waals surface area contributed by atoms with Gasteiger partial charge >= 0.3 is 0 Å². The van der Waals surface area contributed by atoms with Gasteiger partial charge in [0.15, 0.2) is 0 Å². The molecule has 0 saturated carbocycles. The summed E-state index contributed by atoms with van der Waals surface area (Å²) < 4.78 is 0. The molecule has 0 spiro atoms. The van der Waals surface area contributed by atoms with E-state index in [1.807, 2.05) is 6.92 Å². The zero-order chi connectivity index (χ0) is 11.4. The smallest absolute Gasteiger partial charge is 0.138 e.